The van der Waals surface area contributed by atoms with Crippen LogP contribution in [-0.2, 0) is 4.79 Å². The van der Waals surface area contributed by atoms with Gasteiger partial charge in [0.05, 0.1) is 15.2 Å². The molecule has 0 saturated heterocycles. The first-order valence-corrected chi connectivity index (χ1v) is 5.65. The predicted molar refractivity (Wildman–Crippen MR) is 60.7 cm³/mol. The lowest BCUT2D eigenvalue weighted by Gasteiger charge is -2.09. The van der Waals surface area contributed by atoms with Crippen molar-refractivity contribution < 1.29 is 9.90 Å². The zero-order valence-electron chi connectivity index (χ0n) is 7.37. The summed E-state index contributed by atoms with van der Waals surface area (Å²) in [6, 6.07) is 3.49. The molecular weight excluding hydrogens is 268 g/mol. The van der Waals surface area contributed by atoms with Gasteiger partial charge in [0.25, 0.3) is 0 Å². The number of aliphatic carboxylic acids is 1. The normalized spacial score (nSPS) is 12.4. The minimum atomic E-state index is -0.869. The summed E-state index contributed by atoms with van der Waals surface area (Å²) in [4.78, 5) is 10.3. The first-order valence-electron chi connectivity index (χ1n) is 4.04. The Kier molecular flexibility index (Phi) is 4.37. The van der Waals surface area contributed by atoms with E-state index in [0.29, 0.717) is 6.54 Å². The lowest BCUT2D eigenvalue weighted by molar-refractivity contribution is -0.137. The quantitative estimate of drug-likeness (QED) is 0.767. The van der Waals surface area contributed by atoms with E-state index in [1.54, 1.807) is 11.3 Å². The average molecular weight is 279 g/mol. The number of carbonyl (C=O) groups is 1. The fourth-order valence-electron chi connectivity index (χ4n) is 0.937. The molecule has 1 atom stereocenters. The standard InChI is InChI=1S/C8H11BrN2O2S/c9-6-1-2-7(14-6)11-4-5(10)3-8(12)13/h1-2,5,11H,3-4,10H2,(H,12,13). The molecule has 1 heterocycles. The van der Waals surface area contributed by atoms with E-state index in [1.165, 1.54) is 0 Å². The first kappa shape index (κ1) is 11.5. The van der Waals surface area contributed by atoms with E-state index < -0.39 is 5.97 Å². The van der Waals surface area contributed by atoms with Crippen LogP contribution < -0.4 is 11.1 Å². The Balaban J connectivity index is 2.30. The summed E-state index contributed by atoms with van der Waals surface area (Å²) in [6.45, 7) is 0.471. The lowest BCUT2D eigenvalue weighted by Crippen LogP contribution is -2.31. The van der Waals surface area contributed by atoms with Crippen molar-refractivity contribution in [2.24, 2.45) is 5.73 Å². The van der Waals surface area contributed by atoms with E-state index in [0.717, 1.165) is 8.79 Å². The summed E-state index contributed by atoms with van der Waals surface area (Å²) >= 11 is 4.88. The molecule has 14 heavy (non-hydrogen) atoms. The third kappa shape index (κ3) is 4.08. The van der Waals surface area contributed by atoms with Crippen molar-refractivity contribution in [3.05, 3.63) is 15.9 Å². The monoisotopic (exact) mass is 278 g/mol. The second-order valence-corrected chi connectivity index (χ2v) is 5.31. The number of hydrogen-bond donors (Lipinski definition) is 3. The van der Waals surface area contributed by atoms with Crippen LogP contribution in [0, 0.1) is 0 Å². The molecule has 1 rings (SSSR count). The van der Waals surface area contributed by atoms with Crippen LogP contribution >= 0.6 is 27.3 Å². The molecule has 0 fully saturated rings. The molecule has 6 heteroatoms. The summed E-state index contributed by atoms with van der Waals surface area (Å²) < 4.78 is 1.03. The van der Waals surface area contributed by atoms with Crippen LogP contribution in [0.2, 0.25) is 0 Å². The number of rotatable bonds is 5. The number of nitrogens with one attached hydrogen (secondary N) is 1. The summed E-state index contributed by atoms with van der Waals surface area (Å²) in [7, 11) is 0. The van der Waals surface area contributed by atoms with E-state index in [1.807, 2.05) is 12.1 Å². The highest BCUT2D eigenvalue weighted by atomic mass is 79.9. The number of carboxylic acids is 1. The van der Waals surface area contributed by atoms with Gasteiger partial charge < -0.3 is 16.2 Å². The van der Waals surface area contributed by atoms with Crippen LogP contribution in [0.1, 0.15) is 6.42 Å². The third-order valence-electron chi connectivity index (χ3n) is 1.55. The zero-order chi connectivity index (χ0) is 10.6. The van der Waals surface area contributed by atoms with Crippen LogP contribution in [0.5, 0.6) is 0 Å². The molecule has 0 aromatic carbocycles. The van der Waals surface area contributed by atoms with Crippen molar-refractivity contribution in [1.82, 2.24) is 0 Å². The van der Waals surface area contributed by atoms with Gasteiger partial charge in [-0.3, -0.25) is 4.79 Å². The second-order valence-electron chi connectivity index (χ2n) is 2.84. The van der Waals surface area contributed by atoms with E-state index in [9.17, 15) is 4.79 Å². The second kappa shape index (κ2) is 5.33. The molecule has 0 radical (unpaired) electrons. The topological polar surface area (TPSA) is 75.3 Å². The maximum absolute atomic E-state index is 10.3. The van der Waals surface area contributed by atoms with Crippen molar-refractivity contribution in [1.29, 1.82) is 0 Å². The number of anilines is 1. The Morgan fingerprint density at radius 3 is 2.93 bits per heavy atom. The highest BCUT2D eigenvalue weighted by Gasteiger charge is 2.07. The minimum absolute atomic E-state index is 0.0143. The summed E-state index contributed by atoms with van der Waals surface area (Å²) in [5.74, 6) is -0.869. The van der Waals surface area contributed by atoms with Gasteiger partial charge in [-0.2, -0.15) is 0 Å². The third-order valence-corrected chi connectivity index (χ3v) is 3.13. The van der Waals surface area contributed by atoms with Gasteiger partial charge in [0.15, 0.2) is 0 Å². The van der Waals surface area contributed by atoms with Crippen molar-refractivity contribution in [2.45, 2.75) is 12.5 Å². The van der Waals surface area contributed by atoms with Gasteiger partial charge in [-0.05, 0) is 28.1 Å². The highest BCUT2D eigenvalue weighted by molar-refractivity contribution is 9.11. The number of halogens is 1. The lowest BCUT2D eigenvalue weighted by atomic mass is 10.2. The van der Waals surface area contributed by atoms with E-state index >= 15 is 0 Å². The predicted octanol–water partition coefficient (Wildman–Crippen LogP) is 1.72. The average Bonchev–Trinajstić information content (AvgIpc) is 2.47. The smallest absolute Gasteiger partial charge is 0.304 e. The largest absolute Gasteiger partial charge is 0.481 e. The molecule has 1 aromatic rings. The Bertz CT molecular complexity index is 316. The van der Waals surface area contributed by atoms with Crippen LogP contribution in [0.15, 0.2) is 15.9 Å². The van der Waals surface area contributed by atoms with E-state index in [-0.39, 0.29) is 12.5 Å². The Hall–Kier alpha value is -0.590. The molecule has 78 valence electrons. The SMILES string of the molecule is NC(CNc1ccc(Br)s1)CC(=O)O. The maximum Gasteiger partial charge on any atom is 0.304 e. The molecule has 4 nitrogen and oxygen atoms in total. The van der Waals surface area contributed by atoms with Gasteiger partial charge in [-0.15, -0.1) is 11.3 Å². The molecule has 0 saturated carbocycles. The Morgan fingerprint density at radius 2 is 2.43 bits per heavy atom. The number of hydrogen-bond acceptors (Lipinski definition) is 4. The maximum atomic E-state index is 10.3. The Morgan fingerprint density at radius 1 is 1.71 bits per heavy atom. The molecule has 1 aromatic heterocycles. The van der Waals surface area contributed by atoms with Crippen molar-refractivity contribution >= 4 is 38.2 Å². The molecular formula is C8H11BrN2O2S. The Labute approximate surface area is 94.2 Å². The first-order chi connectivity index (χ1) is 6.58. The fourth-order valence-corrected chi connectivity index (χ4v) is 2.23. The van der Waals surface area contributed by atoms with Gasteiger partial charge in [-0.1, -0.05) is 0 Å². The summed E-state index contributed by atoms with van der Waals surface area (Å²) in [6.07, 6.45) is -0.0143. The van der Waals surface area contributed by atoms with Crippen LogP contribution in [0.3, 0.4) is 0 Å². The molecule has 4 N–H and O–H groups in total. The minimum Gasteiger partial charge on any atom is -0.481 e. The summed E-state index contributed by atoms with van der Waals surface area (Å²) in [5, 5.41) is 12.5. The van der Waals surface area contributed by atoms with Crippen molar-refractivity contribution in [3.8, 4) is 0 Å². The molecule has 1 unspecified atom stereocenters. The van der Waals surface area contributed by atoms with Crippen LogP contribution in [-0.4, -0.2) is 23.7 Å². The number of thiophene rings is 1. The number of nitrogens with two attached hydrogens (primary N) is 1. The van der Waals surface area contributed by atoms with Crippen molar-refractivity contribution in [2.75, 3.05) is 11.9 Å². The van der Waals surface area contributed by atoms with E-state index in [2.05, 4.69) is 21.2 Å². The van der Waals surface area contributed by atoms with Gasteiger partial charge in [-0.25, -0.2) is 0 Å². The molecule has 0 bridgehead atoms. The molecule has 0 spiro atoms. The molecule has 0 aliphatic rings. The fraction of sp³-hybridized carbons (Fsp3) is 0.375. The van der Waals surface area contributed by atoms with Crippen LogP contribution in [0.4, 0.5) is 5.00 Å². The zero-order valence-corrected chi connectivity index (χ0v) is 9.77. The molecule has 0 aliphatic carbocycles. The van der Waals surface area contributed by atoms with Crippen molar-refractivity contribution in [3.63, 3.8) is 0 Å². The van der Waals surface area contributed by atoms with Gasteiger partial charge >= 0.3 is 5.97 Å². The van der Waals surface area contributed by atoms with Gasteiger partial charge in [0.2, 0.25) is 0 Å². The van der Waals surface area contributed by atoms with Crippen LogP contribution in [0.25, 0.3) is 0 Å². The van der Waals surface area contributed by atoms with Gasteiger partial charge in [0, 0.05) is 12.6 Å². The number of carboxylic acid groups (broad SMARTS) is 1. The molecule has 0 amide bonds. The van der Waals surface area contributed by atoms with E-state index in [4.69, 9.17) is 10.8 Å². The highest BCUT2D eigenvalue weighted by Crippen LogP contribution is 2.26. The molecule has 0 aliphatic heterocycles. The van der Waals surface area contributed by atoms with Gasteiger partial charge in [0.1, 0.15) is 0 Å². The summed E-state index contributed by atoms with van der Waals surface area (Å²) in [5.41, 5.74) is 5.58.